The monoisotopic (exact) mass is 334 g/mol. The molecule has 0 radical (unpaired) electrons. The number of halogens is 1. The van der Waals surface area contributed by atoms with Gasteiger partial charge in [-0.1, -0.05) is 24.3 Å². The molecule has 0 fully saturated rings. The van der Waals surface area contributed by atoms with Crippen LogP contribution in [0.5, 0.6) is 5.75 Å². The van der Waals surface area contributed by atoms with Gasteiger partial charge in [-0.2, -0.15) is 0 Å². The number of aliphatic imine (C=N–C) groups is 1. The highest BCUT2D eigenvalue weighted by Crippen LogP contribution is 2.22. The second-order valence-corrected chi connectivity index (χ2v) is 6.62. The molecule has 1 aliphatic heterocycles. The number of amidine groups is 1. The van der Waals surface area contributed by atoms with E-state index in [0.717, 1.165) is 0 Å². The van der Waals surface area contributed by atoms with Gasteiger partial charge in [0.25, 0.3) is 10.0 Å². The number of nitrogens with zero attached hydrogens (tertiary/aromatic N) is 1. The Morgan fingerprint density at radius 2 is 1.83 bits per heavy atom. The summed E-state index contributed by atoms with van der Waals surface area (Å²) in [5.41, 5.74) is 0.572. The van der Waals surface area contributed by atoms with E-state index in [1.54, 1.807) is 42.5 Å². The van der Waals surface area contributed by atoms with Crippen molar-refractivity contribution in [3.8, 4) is 5.75 Å². The molecule has 0 bridgehead atoms. The molecule has 1 heterocycles. The number of para-hydroxylation sites is 1. The van der Waals surface area contributed by atoms with Crippen molar-refractivity contribution >= 4 is 15.9 Å². The molecule has 0 unspecified atom stereocenters. The van der Waals surface area contributed by atoms with Gasteiger partial charge >= 0.3 is 0 Å². The molecular formula is C16H15FN2O3S. The van der Waals surface area contributed by atoms with Gasteiger partial charge in [-0.15, -0.1) is 0 Å². The van der Waals surface area contributed by atoms with Crippen LogP contribution in [0.1, 0.15) is 12.0 Å². The van der Waals surface area contributed by atoms with Gasteiger partial charge in [0.1, 0.15) is 5.84 Å². The second kappa shape index (κ2) is 6.37. The van der Waals surface area contributed by atoms with Crippen molar-refractivity contribution in [2.45, 2.75) is 11.3 Å². The van der Waals surface area contributed by atoms with Crippen molar-refractivity contribution in [1.82, 2.24) is 4.72 Å². The summed E-state index contributed by atoms with van der Waals surface area (Å²) < 4.78 is 45.0. The molecule has 1 N–H and O–H groups in total. The molecule has 0 amide bonds. The Labute approximate surface area is 133 Å². The van der Waals surface area contributed by atoms with Crippen LogP contribution < -0.4 is 9.46 Å². The summed E-state index contributed by atoms with van der Waals surface area (Å²) in [6.07, 6.45) is 0.543. The van der Waals surface area contributed by atoms with E-state index in [-0.39, 0.29) is 10.6 Å². The lowest BCUT2D eigenvalue weighted by Crippen LogP contribution is -2.22. The summed E-state index contributed by atoms with van der Waals surface area (Å²) >= 11 is 0. The van der Waals surface area contributed by atoms with E-state index in [2.05, 4.69) is 9.71 Å². The van der Waals surface area contributed by atoms with E-state index in [0.29, 0.717) is 31.0 Å². The van der Waals surface area contributed by atoms with Crippen LogP contribution in [0.25, 0.3) is 0 Å². The van der Waals surface area contributed by atoms with E-state index < -0.39 is 15.8 Å². The van der Waals surface area contributed by atoms with Crippen molar-refractivity contribution in [2.24, 2.45) is 4.99 Å². The van der Waals surface area contributed by atoms with Gasteiger partial charge in [-0.05, 0) is 24.3 Å². The zero-order chi connectivity index (χ0) is 16.3. The van der Waals surface area contributed by atoms with Gasteiger partial charge < -0.3 is 4.74 Å². The summed E-state index contributed by atoms with van der Waals surface area (Å²) in [5.74, 6) is 0.134. The minimum Gasteiger partial charge on any atom is -0.490 e. The molecule has 0 saturated heterocycles. The lowest BCUT2D eigenvalue weighted by atomic mass is 10.2. The van der Waals surface area contributed by atoms with Crippen molar-refractivity contribution in [3.05, 3.63) is 59.9 Å². The summed E-state index contributed by atoms with van der Waals surface area (Å²) in [7, 11) is -3.51. The maximum absolute atomic E-state index is 13.4. The third-order valence-corrected chi connectivity index (χ3v) is 4.73. The minimum atomic E-state index is -3.51. The van der Waals surface area contributed by atoms with Gasteiger partial charge in [0, 0.05) is 18.5 Å². The first-order chi connectivity index (χ1) is 11.1. The quantitative estimate of drug-likeness (QED) is 0.854. The Balaban J connectivity index is 1.59. The molecule has 3 rings (SSSR count). The van der Waals surface area contributed by atoms with Gasteiger partial charge in [-0.25, -0.2) is 12.8 Å². The van der Waals surface area contributed by atoms with E-state index in [9.17, 15) is 12.8 Å². The number of fused-ring (bicyclic) bond motifs is 1. The maximum Gasteiger partial charge on any atom is 0.263 e. The Hall–Kier alpha value is -2.41. The third-order valence-electron chi connectivity index (χ3n) is 3.33. The fraction of sp³-hybridized carbons (Fsp3) is 0.188. The fourth-order valence-corrected chi connectivity index (χ4v) is 3.50. The predicted octanol–water partition coefficient (Wildman–Crippen LogP) is 2.33. The number of sulfonamides is 1. The molecule has 7 heteroatoms. The number of ether oxygens (including phenoxy) is 1. The molecule has 23 heavy (non-hydrogen) atoms. The molecular weight excluding hydrogens is 319 g/mol. The Morgan fingerprint density at radius 1 is 1.09 bits per heavy atom. The first kappa shape index (κ1) is 15.5. The van der Waals surface area contributed by atoms with Crippen LogP contribution in [0.2, 0.25) is 0 Å². The highest BCUT2D eigenvalue weighted by atomic mass is 32.2. The topological polar surface area (TPSA) is 67.8 Å². The van der Waals surface area contributed by atoms with Gasteiger partial charge in [0.15, 0.2) is 11.6 Å². The van der Waals surface area contributed by atoms with Crippen molar-refractivity contribution in [1.29, 1.82) is 0 Å². The Morgan fingerprint density at radius 3 is 2.65 bits per heavy atom. The number of nitrogens with one attached hydrogen (secondary N) is 1. The van der Waals surface area contributed by atoms with Crippen LogP contribution in [-0.4, -0.2) is 27.4 Å². The summed E-state index contributed by atoms with van der Waals surface area (Å²) in [6, 6.07) is 12.9. The van der Waals surface area contributed by atoms with Crippen LogP contribution in [0, 0.1) is 5.82 Å². The first-order valence-electron chi connectivity index (χ1n) is 7.12. The maximum atomic E-state index is 13.4. The summed E-state index contributed by atoms with van der Waals surface area (Å²) in [4.78, 5) is 4.50. The number of hydrogen-bond acceptors (Lipinski definition) is 4. The van der Waals surface area contributed by atoms with Crippen LogP contribution >= 0.6 is 0 Å². The van der Waals surface area contributed by atoms with Crippen molar-refractivity contribution in [2.75, 3.05) is 13.2 Å². The smallest absolute Gasteiger partial charge is 0.263 e. The molecule has 0 spiro atoms. The van der Waals surface area contributed by atoms with Crippen molar-refractivity contribution < 1.29 is 17.5 Å². The van der Waals surface area contributed by atoms with Crippen LogP contribution in [0.3, 0.4) is 0 Å². The normalized spacial score (nSPS) is 16.8. The number of rotatable bonds is 5. The Bertz CT molecular complexity index is 850. The molecule has 0 aliphatic carbocycles. The SMILES string of the molecule is O=S1(=O)NC(=NCCCOc2ccccc2F)c2ccccc21. The number of hydrogen-bond donors (Lipinski definition) is 1. The molecule has 5 nitrogen and oxygen atoms in total. The predicted molar refractivity (Wildman–Crippen MR) is 84.7 cm³/mol. The molecule has 1 aliphatic rings. The molecule has 2 aromatic rings. The van der Waals surface area contributed by atoms with Gasteiger partial charge in [0.2, 0.25) is 0 Å². The lowest BCUT2D eigenvalue weighted by Gasteiger charge is -2.05. The molecule has 120 valence electrons. The van der Waals surface area contributed by atoms with Gasteiger partial charge in [0.05, 0.1) is 11.5 Å². The van der Waals surface area contributed by atoms with Crippen LogP contribution in [-0.2, 0) is 10.0 Å². The molecule has 0 saturated carbocycles. The van der Waals surface area contributed by atoms with Crippen LogP contribution in [0.15, 0.2) is 58.4 Å². The fourth-order valence-electron chi connectivity index (χ4n) is 2.25. The van der Waals surface area contributed by atoms with Gasteiger partial charge in [-0.3, -0.25) is 9.71 Å². The molecule has 0 aromatic heterocycles. The second-order valence-electron chi connectivity index (χ2n) is 4.96. The van der Waals surface area contributed by atoms with E-state index in [1.807, 2.05) is 0 Å². The van der Waals surface area contributed by atoms with Crippen molar-refractivity contribution in [3.63, 3.8) is 0 Å². The highest BCUT2D eigenvalue weighted by Gasteiger charge is 2.29. The standard InChI is InChI=1S/C16H15FN2O3S/c17-13-7-2-3-8-14(13)22-11-5-10-18-16-12-6-1-4-9-15(12)23(20,21)19-16/h1-4,6-9H,5,10-11H2,(H,18,19). The molecule has 2 aromatic carbocycles. The zero-order valence-electron chi connectivity index (χ0n) is 12.2. The molecule has 0 atom stereocenters. The highest BCUT2D eigenvalue weighted by molar-refractivity contribution is 7.90. The lowest BCUT2D eigenvalue weighted by molar-refractivity contribution is 0.298. The number of benzene rings is 2. The average molecular weight is 334 g/mol. The first-order valence-corrected chi connectivity index (χ1v) is 8.60. The largest absolute Gasteiger partial charge is 0.490 e. The third kappa shape index (κ3) is 3.34. The minimum absolute atomic E-state index is 0.201. The zero-order valence-corrected chi connectivity index (χ0v) is 13.0. The summed E-state index contributed by atoms with van der Waals surface area (Å²) in [5, 5.41) is 0. The van der Waals surface area contributed by atoms with E-state index >= 15 is 0 Å². The Kier molecular flexibility index (Phi) is 4.29. The van der Waals surface area contributed by atoms with E-state index in [1.165, 1.54) is 6.07 Å². The summed E-state index contributed by atoms with van der Waals surface area (Å²) in [6.45, 7) is 0.673. The van der Waals surface area contributed by atoms with Crippen LogP contribution in [0.4, 0.5) is 4.39 Å². The average Bonchev–Trinajstić information content (AvgIpc) is 2.80. The van der Waals surface area contributed by atoms with E-state index in [4.69, 9.17) is 4.74 Å².